The van der Waals surface area contributed by atoms with Crippen molar-refractivity contribution in [2.75, 3.05) is 0 Å². The predicted molar refractivity (Wildman–Crippen MR) is 154 cm³/mol. The van der Waals surface area contributed by atoms with Crippen LogP contribution in [0.1, 0.15) is 33.4 Å². The molecule has 204 valence electrons. The van der Waals surface area contributed by atoms with Gasteiger partial charge >= 0.3 is 6.03 Å². The third kappa shape index (κ3) is 5.71. The van der Waals surface area contributed by atoms with Crippen LogP contribution < -0.4 is 16.4 Å². The van der Waals surface area contributed by atoms with Crippen molar-refractivity contribution in [1.82, 2.24) is 15.5 Å². The maximum absolute atomic E-state index is 14.0. The lowest BCUT2D eigenvalue weighted by molar-refractivity contribution is -0.130. The average molecular weight is 544 g/mol. The average Bonchev–Trinajstić information content (AvgIpc) is 3.26. The first-order valence-corrected chi connectivity index (χ1v) is 13.3. The third-order valence-electron chi connectivity index (χ3n) is 7.24. The number of urea groups is 1. The summed E-state index contributed by atoms with van der Waals surface area (Å²) in [5.74, 6) is -0.849. The fourth-order valence-electron chi connectivity index (χ4n) is 5.19. The van der Waals surface area contributed by atoms with Crippen molar-refractivity contribution in [3.8, 4) is 6.07 Å². The molecule has 8 heteroatoms. The van der Waals surface area contributed by atoms with E-state index >= 15 is 0 Å². The monoisotopic (exact) mass is 543 g/mol. The molecule has 0 unspecified atom stereocenters. The molecule has 1 heterocycles. The normalized spacial score (nSPS) is 14.8. The van der Waals surface area contributed by atoms with E-state index in [1.54, 1.807) is 18.2 Å². The number of nitrogens with zero attached hydrogens (tertiary/aromatic N) is 2. The Hall–Kier alpha value is -5.26. The highest BCUT2D eigenvalue weighted by molar-refractivity contribution is 6.09. The number of imide groups is 1. The van der Waals surface area contributed by atoms with E-state index in [0.29, 0.717) is 29.7 Å². The van der Waals surface area contributed by atoms with Crippen molar-refractivity contribution in [3.05, 3.63) is 143 Å². The van der Waals surface area contributed by atoms with E-state index in [1.165, 1.54) is 4.90 Å². The van der Waals surface area contributed by atoms with Crippen molar-refractivity contribution in [2.24, 2.45) is 5.73 Å². The zero-order valence-electron chi connectivity index (χ0n) is 22.3. The molecule has 0 aliphatic carbocycles. The van der Waals surface area contributed by atoms with E-state index in [2.05, 4.69) is 16.7 Å². The summed E-state index contributed by atoms with van der Waals surface area (Å²) in [4.78, 5) is 40.6. The highest BCUT2D eigenvalue weighted by atomic mass is 16.2. The van der Waals surface area contributed by atoms with Gasteiger partial charge in [-0.1, -0.05) is 97.1 Å². The molecule has 0 saturated carbocycles. The molecular weight excluding hydrogens is 514 g/mol. The van der Waals surface area contributed by atoms with Gasteiger partial charge < -0.3 is 16.4 Å². The molecule has 1 aliphatic heterocycles. The molecule has 4 amide bonds. The fourth-order valence-corrected chi connectivity index (χ4v) is 5.19. The Kier molecular flexibility index (Phi) is 7.90. The fraction of sp³-hybridized carbons (Fsp3) is 0.152. The first-order valence-electron chi connectivity index (χ1n) is 13.3. The molecule has 0 spiro atoms. The largest absolute Gasteiger partial charge is 0.368 e. The summed E-state index contributed by atoms with van der Waals surface area (Å²) in [5, 5.41) is 15.3. The molecule has 1 fully saturated rings. The lowest BCUT2D eigenvalue weighted by Crippen LogP contribution is -2.45. The number of benzene rings is 4. The van der Waals surface area contributed by atoms with Gasteiger partial charge in [-0.2, -0.15) is 5.26 Å². The molecule has 4 aromatic carbocycles. The maximum atomic E-state index is 14.0. The Morgan fingerprint density at radius 3 is 2.10 bits per heavy atom. The number of hydrogen-bond donors (Lipinski definition) is 3. The number of rotatable bonds is 10. The number of amides is 4. The third-order valence-corrected chi connectivity index (χ3v) is 7.24. The second kappa shape index (κ2) is 11.9. The minimum absolute atomic E-state index is 0.0835. The van der Waals surface area contributed by atoms with E-state index in [-0.39, 0.29) is 12.5 Å². The smallest absolute Gasteiger partial charge is 0.325 e. The van der Waals surface area contributed by atoms with Gasteiger partial charge in [-0.05, 0) is 46.4 Å². The van der Waals surface area contributed by atoms with Gasteiger partial charge in [0, 0.05) is 6.54 Å². The lowest BCUT2D eigenvalue weighted by Gasteiger charge is -2.28. The van der Waals surface area contributed by atoms with Crippen LogP contribution in [0.5, 0.6) is 0 Å². The second-order valence-corrected chi connectivity index (χ2v) is 9.98. The van der Waals surface area contributed by atoms with Gasteiger partial charge in [0.25, 0.3) is 5.91 Å². The summed E-state index contributed by atoms with van der Waals surface area (Å²) in [6.45, 7) is 0.428. The molecule has 1 aliphatic rings. The quantitative estimate of drug-likeness (QED) is 0.263. The topological polar surface area (TPSA) is 128 Å². The van der Waals surface area contributed by atoms with Crippen molar-refractivity contribution in [2.45, 2.75) is 31.1 Å². The van der Waals surface area contributed by atoms with Gasteiger partial charge in [-0.3, -0.25) is 14.5 Å². The number of nitriles is 1. The van der Waals surface area contributed by atoms with Gasteiger partial charge in [0.15, 0.2) is 5.54 Å². The molecular formula is C33H29N5O3. The van der Waals surface area contributed by atoms with E-state index in [4.69, 9.17) is 11.0 Å². The van der Waals surface area contributed by atoms with Crippen molar-refractivity contribution in [3.63, 3.8) is 0 Å². The molecule has 0 bridgehead atoms. The zero-order valence-corrected chi connectivity index (χ0v) is 22.3. The Balaban J connectivity index is 1.33. The maximum Gasteiger partial charge on any atom is 0.325 e. The molecule has 4 aromatic rings. The van der Waals surface area contributed by atoms with Crippen LogP contribution in [-0.4, -0.2) is 28.8 Å². The van der Waals surface area contributed by atoms with Crippen molar-refractivity contribution < 1.29 is 14.4 Å². The van der Waals surface area contributed by atoms with E-state index < -0.39 is 23.5 Å². The number of primary amides is 1. The van der Waals surface area contributed by atoms with Crippen LogP contribution >= 0.6 is 0 Å². The van der Waals surface area contributed by atoms with Crippen molar-refractivity contribution >= 4 is 17.8 Å². The second-order valence-electron chi connectivity index (χ2n) is 9.98. The molecule has 0 aromatic heterocycles. The summed E-state index contributed by atoms with van der Waals surface area (Å²) < 4.78 is 0. The van der Waals surface area contributed by atoms with Crippen LogP contribution in [0, 0.1) is 11.3 Å². The summed E-state index contributed by atoms with van der Waals surface area (Å²) in [6, 6.07) is 34.0. The number of hydrogen-bond acceptors (Lipinski definition) is 5. The minimum Gasteiger partial charge on any atom is -0.368 e. The Labute approximate surface area is 238 Å². The highest BCUT2D eigenvalue weighted by Gasteiger charge is 2.53. The van der Waals surface area contributed by atoms with E-state index in [9.17, 15) is 14.4 Å². The summed E-state index contributed by atoms with van der Waals surface area (Å²) in [7, 11) is 0. The van der Waals surface area contributed by atoms with E-state index in [0.717, 1.165) is 16.7 Å². The molecule has 1 atom stereocenters. The Bertz CT molecular complexity index is 1580. The number of carbonyl (C=O) groups is 3. The molecule has 5 rings (SSSR count). The summed E-state index contributed by atoms with van der Waals surface area (Å²) in [5.41, 5.74) is 8.67. The van der Waals surface area contributed by atoms with Crippen LogP contribution in [0.15, 0.2) is 109 Å². The van der Waals surface area contributed by atoms with Gasteiger partial charge in [-0.25, -0.2) is 4.79 Å². The summed E-state index contributed by atoms with van der Waals surface area (Å²) in [6.07, 6.45) is 0.341. The van der Waals surface area contributed by atoms with Crippen molar-refractivity contribution in [1.29, 1.82) is 5.26 Å². The predicted octanol–water partition coefficient (Wildman–Crippen LogP) is 3.74. The summed E-state index contributed by atoms with van der Waals surface area (Å²) >= 11 is 0. The van der Waals surface area contributed by atoms with E-state index in [1.807, 2.05) is 91.0 Å². The number of nitrogens with two attached hydrogens (primary N) is 1. The Morgan fingerprint density at radius 1 is 0.854 bits per heavy atom. The van der Waals surface area contributed by atoms with Crippen LogP contribution in [0.25, 0.3) is 0 Å². The minimum atomic E-state index is -1.32. The molecule has 41 heavy (non-hydrogen) atoms. The number of nitrogens with one attached hydrogen (secondary N) is 2. The lowest BCUT2D eigenvalue weighted by atomic mass is 9.82. The van der Waals surface area contributed by atoms with Gasteiger partial charge in [0.05, 0.1) is 24.2 Å². The van der Waals surface area contributed by atoms with Crippen LogP contribution in [0.4, 0.5) is 4.79 Å². The highest BCUT2D eigenvalue weighted by Crippen LogP contribution is 2.36. The first-order chi connectivity index (χ1) is 19.9. The van der Waals surface area contributed by atoms with Crippen LogP contribution in [0.3, 0.4) is 0 Å². The van der Waals surface area contributed by atoms with Crippen LogP contribution in [0.2, 0.25) is 0 Å². The SMILES string of the molecule is N#Cc1cccc(C[C@@H](NCc2cccc(CN3C(=O)NC(c4ccccc4)(c4ccccc4)C3=O)c2)C(N)=O)c1. The molecule has 1 saturated heterocycles. The molecule has 8 nitrogen and oxygen atoms in total. The first kappa shape index (κ1) is 27.3. The zero-order chi connectivity index (χ0) is 28.8. The van der Waals surface area contributed by atoms with Gasteiger partial charge in [0.1, 0.15) is 0 Å². The van der Waals surface area contributed by atoms with Gasteiger partial charge in [0.2, 0.25) is 5.91 Å². The van der Waals surface area contributed by atoms with Crippen LogP contribution in [-0.2, 0) is 34.6 Å². The standard InChI is InChI=1S/C33H29N5O3/c34-20-24-10-7-9-23(17-24)19-29(30(35)39)36-21-25-11-8-12-26(18-25)22-38-31(40)33(37-32(38)41,27-13-3-1-4-14-27)28-15-5-2-6-16-28/h1-18,29,36H,19,21-22H2,(H2,35,39)(H,37,41)/t29-/m1/s1. The van der Waals surface area contributed by atoms with Gasteiger partial charge in [-0.15, -0.1) is 0 Å². The molecule has 0 radical (unpaired) electrons. The number of carbonyl (C=O) groups excluding carboxylic acids is 3. The Morgan fingerprint density at radius 2 is 1.46 bits per heavy atom. The molecule has 4 N–H and O–H groups in total.